The first-order chi connectivity index (χ1) is 14.1. The smallest absolute Gasteiger partial charge is 0.231 e. The predicted octanol–water partition coefficient (Wildman–Crippen LogP) is 3.28. The zero-order valence-electron chi connectivity index (χ0n) is 16.9. The van der Waals surface area contributed by atoms with Gasteiger partial charge < -0.3 is 25.0 Å². The maximum atomic E-state index is 5.63. The Morgan fingerprint density at radius 2 is 2.03 bits per heavy atom. The van der Waals surface area contributed by atoms with Crippen LogP contribution in [0.1, 0.15) is 31.0 Å². The fourth-order valence-electron chi connectivity index (χ4n) is 3.69. The molecule has 8 heteroatoms. The van der Waals surface area contributed by atoms with E-state index in [1.807, 2.05) is 31.2 Å². The van der Waals surface area contributed by atoms with Crippen molar-refractivity contribution in [3.8, 4) is 11.5 Å². The van der Waals surface area contributed by atoms with E-state index >= 15 is 0 Å². The molecule has 0 spiro atoms. The first kappa shape index (κ1) is 19.7. The summed E-state index contributed by atoms with van der Waals surface area (Å²) in [5.41, 5.74) is 1.98. The molecule has 0 radical (unpaired) electrons. The zero-order valence-corrected chi connectivity index (χ0v) is 17.7. The van der Waals surface area contributed by atoms with Gasteiger partial charge in [-0.2, -0.15) is 4.98 Å². The van der Waals surface area contributed by atoms with Crippen LogP contribution >= 0.6 is 12.2 Å². The molecule has 1 fully saturated rings. The Balaban J connectivity index is 1.37. The Morgan fingerprint density at radius 1 is 1.21 bits per heavy atom. The fraction of sp³-hybridized carbons (Fsp3) is 0.476. The largest absolute Gasteiger partial charge is 0.486 e. The molecule has 29 heavy (non-hydrogen) atoms. The highest BCUT2D eigenvalue weighted by Gasteiger charge is 2.19. The number of piperidine rings is 1. The lowest BCUT2D eigenvalue weighted by Crippen LogP contribution is -2.35. The van der Waals surface area contributed by atoms with Gasteiger partial charge in [0, 0.05) is 31.4 Å². The molecule has 0 bridgehead atoms. The van der Waals surface area contributed by atoms with Crippen molar-refractivity contribution < 1.29 is 9.47 Å². The van der Waals surface area contributed by atoms with E-state index in [1.54, 1.807) is 0 Å². The number of ether oxygens (including phenoxy) is 2. The second-order valence-corrected chi connectivity index (χ2v) is 8.08. The molecule has 0 aliphatic carbocycles. The molecule has 2 N–H and O–H groups in total. The standard InChI is InChI=1S/C21H27N5O2S/c1-14-4-3-7-26(13-14)19-10-15(2)23-20(24-19)25-21(29)22-12-16-5-6-17-18(11-16)28-9-8-27-17/h5-6,10-11,14H,3-4,7-9,12-13H2,1-2H3,(H2,22,23,24,25,29). The number of benzene rings is 1. The molecule has 4 rings (SSSR count). The molecule has 7 nitrogen and oxygen atoms in total. The van der Waals surface area contributed by atoms with Crippen LogP contribution in [0.25, 0.3) is 0 Å². The number of aryl methyl sites for hydroxylation is 1. The van der Waals surface area contributed by atoms with Gasteiger partial charge >= 0.3 is 0 Å². The van der Waals surface area contributed by atoms with Crippen LogP contribution in [0, 0.1) is 12.8 Å². The average Bonchev–Trinajstić information content (AvgIpc) is 2.72. The summed E-state index contributed by atoms with van der Waals surface area (Å²) >= 11 is 5.45. The number of nitrogens with one attached hydrogen (secondary N) is 2. The Kier molecular flexibility index (Phi) is 5.99. The van der Waals surface area contributed by atoms with Crippen molar-refractivity contribution in [3.63, 3.8) is 0 Å². The van der Waals surface area contributed by atoms with Gasteiger partial charge in [-0.15, -0.1) is 0 Å². The van der Waals surface area contributed by atoms with Gasteiger partial charge in [0.05, 0.1) is 0 Å². The SMILES string of the molecule is Cc1cc(N2CCCC(C)C2)nc(NC(=S)NCc2ccc3c(c2)OCCO3)n1. The highest BCUT2D eigenvalue weighted by atomic mass is 32.1. The normalized spacial score (nSPS) is 18.3. The van der Waals surface area contributed by atoms with Crippen LogP contribution in [0.5, 0.6) is 11.5 Å². The lowest BCUT2D eigenvalue weighted by Gasteiger charge is -2.32. The van der Waals surface area contributed by atoms with E-state index in [0.29, 0.717) is 36.7 Å². The minimum Gasteiger partial charge on any atom is -0.486 e. The predicted molar refractivity (Wildman–Crippen MR) is 118 cm³/mol. The summed E-state index contributed by atoms with van der Waals surface area (Å²) in [5, 5.41) is 6.82. The molecule has 0 saturated carbocycles. The molecular weight excluding hydrogens is 386 g/mol. The van der Waals surface area contributed by atoms with Gasteiger partial charge in [0.1, 0.15) is 19.0 Å². The molecule has 154 valence electrons. The number of fused-ring (bicyclic) bond motifs is 1. The molecule has 2 aliphatic rings. The third-order valence-corrected chi connectivity index (χ3v) is 5.35. The maximum Gasteiger partial charge on any atom is 0.231 e. The van der Waals surface area contributed by atoms with Crippen LogP contribution in [-0.4, -0.2) is 41.4 Å². The molecule has 3 heterocycles. The number of anilines is 2. The van der Waals surface area contributed by atoms with E-state index in [4.69, 9.17) is 21.7 Å². The van der Waals surface area contributed by atoms with Crippen LogP contribution in [-0.2, 0) is 6.54 Å². The lowest BCUT2D eigenvalue weighted by molar-refractivity contribution is 0.171. The van der Waals surface area contributed by atoms with E-state index in [0.717, 1.165) is 41.7 Å². The maximum absolute atomic E-state index is 5.63. The van der Waals surface area contributed by atoms with Gasteiger partial charge in [-0.25, -0.2) is 4.98 Å². The lowest BCUT2D eigenvalue weighted by atomic mass is 10.0. The number of aromatic nitrogens is 2. The van der Waals surface area contributed by atoms with E-state index < -0.39 is 0 Å². The molecule has 1 aromatic carbocycles. The second kappa shape index (κ2) is 8.82. The van der Waals surface area contributed by atoms with E-state index in [2.05, 4.69) is 32.4 Å². The molecule has 2 aliphatic heterocycles. The quantitative estimate of drug-likeness (QED) is 0.740. The number of hydrogen-bond donors (Lipinski definition) is 2. The summed E-state index contributed by atoms with van der Waals surface area (Å²) in [4.78, 5) is 11.5. The Hall–Kier alpha value is -2.61. The molecule has 0 amide bonds. The number of rotatable bonds is 4. The van der Waals surface area contributed by atoms with Crippen molar-refractivity contribution >= 4 is 29.1 Å². The van der Waals surface area contributed by atoms with Gasteiger partial charge in [-0.05, 0) is 55.6 Å². The molecule has 2 aromatic rings. The summed E-state index contributed by atoms with van der Waals surface area (Å²) in [6.45, 7) is 8.08. The number of thiocarbonyl (C=S) groups is 1. The molecule has 1 saturated heterocycles. The van der Waals surface area contributed by atoms with Crippen molar-refractivity contribution in [1.82, 2.24) is 15.3 Å². The highest BCUT2D eigenvalue weighted by molar-refractivity contribution is 7.80. The monoisotopic (exact) mass is 413 g/mol. The van der Waals surface area contributed by atoms with E-state index in [9.17, 15) is 0 Å². The summed E-state index contributed by atoms with van der Waals surface area (Å²) in [6, 6.07) is 7.94. The first-order valence-corrected chi connectivity index (χ1v) is 10.5. The average molecular weight is 414 g/mol. The van der Waals surface area contributed by atoms with Gasteiger partial charge in [-0.3, -0.25) is 0 Å². The fourth-order valence-corrected chi connectivity index (χ4v) is 3.86. The summed E-state index contributed by atoms with van der Waals surface area (Å²) < 4.78 is 11.2. The van der Waals surface area contributed by atoms with Gasteiger partial charge in [-0.1, -0.05) is 13.0 Å². The van der Waals surface area contributed by atoms with Crippen LogP contribution in [0.4, 0.5) is 11.8 Å². The molecule has 1 unspecified atom stereocenters. The summed E-state index contributed by atoms with van der Waals surface area (Å²) in [6.07, 6.45) is 2.47. The Labute approximate surface area is 176 Å². The molecule has 1 aromatic heterocycles. The van der Waals surface area contributed by atoms with Crippen molar-refractivity contribution in [2.75, 3.05) is 36.5 Å². The topological polar surface area (TPSA) is 71.5 Å². The summed E-state index contributed by atoms with van der Waals surface area (Å²) in [7, 11) is 0. The van der Waals surface area contributed by atoms with Gasteiger partial charge in [0.25, 0.3) is 0 Å². The van der Waals surface area contributed by atoms with Crippen LogP contribution in [0.3, 0.4) is 0 Å². The van der Waals surface area contributed by atoms with Crippen molar-refractivity contribution in [1.29, 1.82) is 0 Å². The van der Waals surface area contributed by atoms with Gasteiger partial charge in [0.2, 0.25) is 5.95 Å². The Bertz CT molecular complexity index is 891. The Morgan fingerprint density at radius 3 is 2.86 bits per heavy atom. The van der Waals surface area contributed by atoms with Crippen molar-refractivity contribution in [2.45, 2.75) is 33.2 Å². The zero-order chi connectivity index (χ0) is 20.2. The van der Waals surface area contributed by atoms with E-state index in [1.165, 1.54) is 12.8 Å². The van der Waals surface area contributed by atoms with Crippen molar-refractivity contribution in [3.05, 3.63) is 35.5 Å². The first-order valence-electron chi connectivity index (χ1n) is 10.1. The molecular formula is C21H27N5O2S. The number of hydrogen-bond acceptors (Lipinski definition) is 6. The van der Waals surface area contributed by atoms with Crippen LogP contribution < -0.4 is 25.0 Å². The third-order valence-electron chi connectivity index (χ3n) is 5.11. The minimum absolute atomic E-state index is 0.489. The molecule has 1 atom stereocenters. The van der Waals surface area contributed by atoms with Crippen molar-refractivity contribution in [2.24, 2.45) is 5.92 Å². The van der Waals surface area contributed by atoms with E-state index in [-0.39, 0.29) is 0 Å². The summed E-state index contributed by atoms with van der Waals surface area (Å²) in [5.74, 6) is 3.73. The number of nitrogens with zero attached hydrogens (tertiary/aromatic N) is 3. The second-order valence-electron chi connectivity index (χ2n) is 7.67. The van der Waals surface area contributed by atoms with Crippen LogP contribution in [0.2, 0.25) is 0 Å². The third kappa shape index (κ3) is 5.06. The minimum atomic E-state index is 0.489. The van der Waals surface area contributed by atoms with Gasteiger partial charge in [0.15, 0.2) is 16.6 Å². The van der Waals surface area contributed by atoms with Crippen LogP contribution in [0.15, 0.2) is 24.3 Å². The highest BCUT2D eigenvalue weighted by Crippen LogP contribution is 2.30.